The maximum absolute atomic E-state index is 13.7. The SMILES string of the molecule is CC(C)(C)Oc1nc2nc(N)[nH]n2c(=O)c1F. The lowest BCUT2D eigenvalue weighted by Gasteiger charge is -2.19. The zero-order valence-electron chi connectivity index (χ0n) is 9.61. The number of hydrogen-bond donors (Lipinski definition) is 2. The Morgan fingerprint density at radius 3 is 2.65 bits per heavy atom. The molecule has 8 heteroatoms. The van der Waals surface area contributed by atoms with E-state index in [-0.39, 0.29) is 17.6 Å². The second-order valence-electron chi connectivity index (χ2n) is 4.49. The van der Waals surface area contributed by atoms with Crippen molar-refractivity contribution < 1.29 is 9.13 Å². The second-order valence-corrected chi connectivity index (χ2v) is 4.49. The van der Waals surface area contributed by atoms with E-state index in [4.69, 9.17) is 10.5 Å². The fourth-order valence-corrected chi connectivity index (χ4v) is 1.25. The predicted molar refractivity (Wildman–Crippen MR) is 58.4 cm³/mol. The molecule has 0 aliphatic rings. The molecular formula is C9H12FN5O2. The zero-order chi connectivity index (χ0) is 12.8. The summed E-state index contributed by atoms with van der Waals surface area (Å²) in [6.07, 6.45) is 0. The van der Waals surface area contributed by atoms with E-state index in [1.807, 2.05) is 0 Å². The van der Waals surface area contributed by atoms with E-state index in [0.29, 0.717) is 0 Å². The molecule has 0 aliphatic heterocycles. The molecule has 2 rings (SSSR count). The summed E-state index contributed by atoms with van der Waals surface area (Å²) in [4.78, 5) is 19.1. The number of nitrogen functional groups attached to an aromatic ring is 1. The van der Waals surface area contributed by atoms with Crippen molar-refractivity contribution in [1.82, 2.24) is 19.6 Å². The number of nitrogens with one attached hydrogen (secondary N) is 1. The maximum Gasteiger partial charge on any atom is 0.314 e. The van der Waals surface area contributed by atoms with Crippen LogP contribution in [0.2, 0.25) is 0 Å². The molecule has 0 saturated heterocycles. The van der Waals surface area contributed by atoms with Crippen LogP contribution in [-0.2, 0) is 0 Å². The highest BCUT2D eigenvalue weighted by Gasteiger charge is 2.21. The van der Waals surface area contributed by atoms with E-state index in [1.165, 1.54) is 0 Å². The Morgan fingerprint density at radius 2 is 2.06 bits per heavy atom. The van der Waals surface area contributed by atoms with Crippen LogP contribution in [0.25, 0.3) is 5.78 Å². The van der Waals surface area contributed by atoms with Crippen molar-refractivity contribution in [1.29, 1.82) is 0 Å². The summed E-state index contributed by atoms with van der Waals surface area (Å²) in [7, 11) is 0. The standard InChI is InChI=1S/C9H12FN5O2/c1-9(2,3)17-5-4(10)6(16)15-8(12-5)13-7(11)14-15/h1-3H3,(H3,11,12,13,14). The molecule has 17 heavy (non-hydrogen) atoms. The minimum Gasteiger partial charge on any atom is -0.470 e. The number of hydrogen-bond acceptors (Lipinski definition) is 5. The number of H-pyrrole nitrogens is 1. The van der Waals surface area contributed by atoms with Crippen molar-refractivity contribution >= 4 is 11.7 Å². The van der Waals surface area contributed by atoms with E-state index in [2.05, 4.69) is 15.1 Å². The molecule has 0 spiro atoms. The van der Waals surface area contributed by atoms with Gasteiger partial charge in [-0.15, -0.1) is 0 Å². The van der Waals surface area contributed by atoms with Crippen molar-refractivity contribution in [2.45, 2.75) is 26.4 Å². The summed E-state index contributed by atoms with van der Waals surface area (Å²) in [5, 5.41) is 2.37. The third kappa shape index (κ3) is 2.05. The van der Waals surface area contributed by atoms with Crippen molar-refractivity contribution in [3.8, 4) is 5.88 Å². The molecule has 2 heterocycles. The average Bonchev–Trinajstić information content (AvgIpc) is 2.53. The molecule has 0 fully saturated rings. The highest BCUT2D eigenvalue weighted by atomic mass is 19.1. The summed E-state index contributed by atoms with van der Waals surface area (Å²) in [5.41, 5.74) is 3.76. The lowest BCUT2D eigenvalue weighted by molar-refractivity contribution is 0.116. The quantitative estimate of drug-likeness (QED) is 0.749. The first-order chi connectivity index (χ1) is 7.78. The van der Waals surface area contributed by atoms with Gasteiger partial charge in [0.25, 0.3) is 17.5 Å². The van der Waals surface area contributed by atoms with Gasteiger partial charge in [0.05, 0.1) is 0 Å². The summed E-state index contributed by atoms with van der Waals surface area (Å²) in [6.45, 7) is 5.15. The third-order valence-corrected chi connectivity index (χ3v) is 1.83. The number of halogens is 1. The Balaban J connectivity index is 2.65. The largest absolute Gasteiger partial charge is 0.470 e. The normalized spacial score (nSPS) is 12.0. The molecule has 0 amide bonds. The molecule has 2 aromatic heterocycles. The minimum atomic E-state index is -1.08. The van der Waals surface area contributed by atoms with E-state index in [1.54, 1.807) is 20.8 Å². The van der Waals surface area contributed by atoms with Gasteiger partial charge in [0, 0.05) is 0 Å². The average molecular weight is 241 g/mol. The van der Waals surface area contributed by atoms with Gasteiger partial charge in [0.15, 0.2) is 0 Å². The molecule has 0 aliphatic carbocycles. The first kappa shape index (κ1) is 11.4. The minimum absolute atomic E-state index is 0.0260. The highest BCUT2D eigenvalue weighted by Crippen LogP contribution is 2.17. The first-order valence-corrected chi connectivity index (χ1v) is 4.91. The molecule has 0 aromatic carbocycles. The van der Waals surface area contributed by atoms with Crippen LogP contribution < -0.4 is 16.0 Å². The fraction of sp³-hybridized carbons (Fsp3) is 0.444. The zero-order valence-corrected chi connectivity index (χ0v) is 9.61. The molecule has 2 aromatic rings. The fourth-order valence-electron chi connectivity index (χ4n) is 1.25. The van der Waals surface area contributed by atoms with Gasteiger partial charge in [-0.05, 0) is 20.8 Å². The highest BCUT2D eigenvalue weighted by molar-refractivity contribution is 5.36. The Kier molecular flexibility index (Phi) is 2.30. The summed E-state index contributed by atoms with van der Waals surface area (Å²) >= 11 is 0. The molecule has 92 valence electrons. The van der Waals surface area contributed by atoms with Crippen LogP contribution >= 0.6 is 0 Å². The molecule has 7 nitrogen and oxygen atoms in total. The van der Waals surface area contributed by atoms with Gasteiger partial charge in [-0.1, -0.05) is 0 Å². The van der Waals surface area contributed by atoms with Gasteiger partial charge in [0.2, 0.25) is 5.95 Å². The molecule has 3 N–H and O–H groups in total. The number of nitrogens with two attached hydrogens (primary N) is 1. The lowest BCUT2D eigenvalue weighted by atomic mass is 10.2. The Hall–Kier alpha value is -2.12. The van der Waals surface area contributed by atoms with E-state index >= 15 is 0 Å². The van der Waals surface area contributed by atoms with Crippen molar-refractivity contribution in [3.63, 3.8) is 0 Å². The van der Waals surface area contributed by atoms with Crippen LogP contribution in [0.5, 0.6) is 5.88 Å². The number of aromatic nitrogens is 4. The number of aromatic amines is 1. The van der Waals surface area contributed by atoms with Crippen LogP contribution in [0.1, 0.15) is 20.8 Å². The van der Waals surface area contributed by atoms with E-state index in [0.717, 1.165) is 4.52 Å². The topological polar surface area (TPSA) is 98.3 Å². The van der Waals surface area contributed by atoms with Gasteiger partial charge < -0.3 is 10.5 Å². The Labute approximate surface area is 95.4 Å². The monoisotopic (exact) mass is 241 g/mol. The molecule has 0 unspecified atom stereocenters. The van der Waals surface area contributed by atoms with Crippen LogP contribution in [0.15, 0.2) is 4.79 Å². The van der Waals surface area contributed by atoms with Gasteiger partial charge in [0.1, 0.15) is 5.60 Å². The van der Waals surface area contributed by atoms with Gasteiger partial charge in [-0.3, -0.25) is 9.89 Å². The number of fused-ring (bicyclic) bond motifs is 1. The second kappa shape index (κ2) is 3.44. The van der Waals surface area contributed by atoms with Crippen molar-refractivity contribution in [2.24, 2.45) is 0 Å². The molecule has 0 atom stereocenters. The van der Waals surface area contributed by atoms with Crippen molar-refractivity contribution in [3.05, 3.63) is 16.2 Å². The Bertz CT molecular complexity index is 625. The maximum atomic E-state index is 13.7. The first-order valence-electron chi connectivity index (χ1n) is 4.91. The number of rotatable bonds is 1. The Morgan fingerprint density at radius 1 is 1.41 bits per heavy atom. The smallest absolute Gasteiger partial charge is 0.314 e. The lowest BCUT2D eigenvalue weighted by Crippen LogP contribution is -2.28. The van der Waals surface area contributed by atoms with Gasteiger partial charge >= 0.3 is 5.56 Å². The van der Waals surface area contributed by atoms with E-state index in [9.17, 15) is 9.18 Å². The van der Waals surface area contributed by atoms with Crippen molar-refractivity contribution in [2.75, 3.05) is 5.73 Å². The molecule has 0 bridgehead atoms. The van der Waals surface area contributed by atoms with Crippen LogP contribution in [0.4, 0.5) is 10.3 Å². The van der Waals surface area contributed by atoms with E-state index < -0.39 is 17.0 Å². The van der Waals surface area contributed by atoms with Gasteiger partial charge in [-0.25, -0.2) is 0 Å². The number of ether oxygens (including phenoxy) is 1. The number of anilines is 1. The summed E-state index contributed by atoms with van der Waals surface area (Å²) < 4.78 is 19.7. The van der Waals surface area contributed by atoms with Crippen LogP contribution in [-0.4, -0.2) is 25.2 Å². The number of nitrogens with zero attached hydrogens (tertiary/aromatic N) is 3. The predicted octanol–water partition coefficient (Wildman–Crippen LogP) is 0.316. The van der Waals surface area contributed by atoms with Crippen LogP contribution in [0.3, 0.4) is 0 Å². The van der Waals surface area contributed by atoms with Crippen LogP contribution in [0, 0.1) is 5.82 Å². The summed E-state index contributed by atoms with van der Waals surface area (Å²) in [5.74, 6) is -1.52. The van der Waals surface area contributed by atoms with Gasteiger partial charge in [-0.2, -0.15) is 18.9 Å². The summed E-state index contributed by atoms with van der Waals surface area (Å²) in [6, 6.07) is 0. The molecule has 0 saturated carbocycles. The molecule has 0 radical (unpaired) electrons. The third-order valence-electron chi connectivity index (χ3n) is 1.83. The molecular weight excluding hydrogens is 229 g/mol.